The number of hydrogen-bond donors (Lipinski definition) is 1. The molecule has 1 aliphatic rings. The fourth-order valence-electron chi connectivity index (χ4n) is 2.38. The highest BCUT2D eigenvalue weighted by atomic mass is 32.1. The molecule has 0 saturated carbocycles. The number of aromatic nitrogens is 1. The van der Waals surface area contributed by atoms with Crippen LogP contribution in [0.25, 0.3) is 0 Å². The van der Waals surface area contributed by atoms with E-state index in [2.05, 4.69) is 37.9 Å². The average molecular weight is 281 g/mol. The van der Waals surface area contributed by atoms with Gasteiger partial charge in [0.25, 0.3) is 0 Å². The van der Waals surface area contributed by atoms with Crippen molar-refractivity contribution in [2.24, 2.45) is 0 Å². The van der Waals surface area contributed by atoms with Crippen LogP contribution in [0.2, 0.25) is 0 Å². The van der Waals surface area contributed by atoms with Crippen LogP contribution in [-0.4, -0.2) is 24.1 Å². The fourth-order valence-corrected chi connectivity index (χ4v) is 3.60. The zero-order valence-electron chi connectivity index (χ0n) is 12.7. The fraction of sp³-hybridized carbons (Fsp3) is 0.800. The number of anilines is 1. The van der Waals surface area contributed by atoms with E-state index >= 15 is 0 Å². The number of thiazole rings is 1. The van der Waals surface area contributed by atoms with E-state index in [1.807, 2.05) is 11.3 Å². The third-order valence-corrected chi connectivity index (χ3v) is 5.00. The molecule has 0 aromatic carbocycles. The summed E-state index contributed by atoms with van der Waals surface area (Å²) in [5, 5.41) is 4.84. The molecule has 0 bridgehead atoms. The molecule has 0 radical (unpaired) electrons. The predicted octanol–water partition coefficient (Wildman–Crippen LogP) is 3.75. The number of nitrogens with zero attached hydrogens (tertiary/aromatic N) is 2. The number of nitrogens with one attached hydrogen (secondary N) is 1. The van der Waals surface area contributed by atoms with Crippen molar-refractivity contribution in [2.75, 3.05) is 18.0 Å². The molecule has 0 spiro atoms. The third kappa shape index (κ3) is 3.69. The second-order valence-electron chi connectivity index (χ2n) is 5.84. The van der Waals surface area contributed by atoms with Gasteiger partial charge in [-0.1, -0.05) is 20.8 Å². The summed E-state index contributed by atoms with van der Waals surface area (Å²) in [5.74, 6) is 0.515. The Kier molecular flexibility index (Phi) is 5.22. The van der Waals surface area contributed by atoms with Gasteiger partial charge in [-0.05, 0) is 32.1 Å². The minimum Gasteiger partial charge on any atom is -0.348 e. The summed E-state index contributed by atoms with van der Waals surface area (Å²) < 4.78 is 0. The summed E-state index contributed by atoms with van der Waals surface area (Å²) >= 11 is 1.89. The second kappa shape index (κ2) is 6.71. The molecule has 0 aliphatic carbocycles. The van der Waals surface area contributed by atoms with Crippen molar-refractivity contribution in [3.63, 3.8) is 0 Å². The lowest BCUT2D eigenvalue weighted by atomic mass is 10.1. The Hall–Kier alpha value is -0.610. The van der Waals surface area contributed by atoms with Crippen LogP contribution in [0.3, 0.4) is 0 Å². The van der Waals surface area contributed by atoms with Gasteiger partial charge in [-0.15, -0.1) is 11.3 Å². The van der Waals surface area contributed by atoms with Crippen LogP contribution in [-0.2, 0) is 6.54 Å². The molecule has 1 atom stereocenters. The molecular formula is C15H27N3S. The molecule has 2 rings (SSSR count). The van der Waals surface area contributed by atoms with Crippen LogP contribution in [0.15, 0.2) is 0 Å². The van der Waals surface area contributed by atoms with Crippen molar-refractivity contribution in [3.05, 3.63) is 10.6 Å². The summed E-state index contributed by atoms with van der Waals surface area (Å²) in [6.45, 7) is 12.3. The lowest BCUT2D eigenvalue weighted by Crippen LogP contribution is -2.24. The van der Waals surface area contributed by atoms with Crippen molar-refractivity contribution < 1.29 is 0 Å². The van der Waals surface area contributed by atoms with Gasteiger partial charge in [0.05, 0.1) is 5.69 Å². The van der Waals surface area contributed by atoms with Gasteiger partial charge in [-0.3, -0.25) is 0 Å². The van der Waals surface area contributed by atoms with Gasteiger partial charge in [0.15, 0.2) is 5.13 Å². The van der Waals surface area contributed by atoms with Gasteiger partial charge in [0.1, 0.15) is 0 Å². The summed E-state index contributed by atoms with van der Waals surface area (Å²) in [6, 6.07) is 0.581. The minimum atomic E-state index is 0.515. The van der Waals surface area contributed by atoms with E-state index in [0.717, 1.165) is 6.54 Å². The maximum atomic E-state index is 4.90. The largest absolute Gasteiger partial charge is 0.348 e. The van der Waals surface area contributed by atoms with Gasteiger partial charge in [-0.25, -0.2) is 4.98 Å². The van der Waals surface area contributed by atoms with Crippen molar-refractivity contribution in [3.8, 4) is 0 Å². The summed E-state index contributed by atoms with van der Waals surface area (Å²) in [5.41, 5.74) is 1.29. The van der Waals surface area contributed by atoms with E-state index in [9.17, 15) is 0 Å². The lowest BCUT2D eigenvalue weighted by molar-refractivity contribution is 0.534. The van der Waals surface area contributed by atoms with E-state index in [0.29, 0.717) is 12.0 Å². The molecule has 1 unspecified atom stereocenters. The maximum Gasteiger partial charge on any atom is 0.185 e. The van der Waals surface area contributed by atoms with E-state index in [1.54, 1.807) is 0 Å². The highest BCUT2D eigenvalue weighted by Gasteiger charge is 2.20. The summed E-state index contributed by atoms with van der Waals surface area (Å²) in [6.07, 6.45) is 3.81. The third-order valence-electron chi connectivity index (χ3n) is 3.86. The summed E-state index contributed by atoms with van der Waals surface area (Å²) in [7, 11) is 0. The topological polar surface area (TPSA) is 28.2 Å². The van der Waals surface area contributed by atoms with Crippen LogP contribution in [0, 0.1) is 0 Å². The first-order chi connectivity index (χ1) is 9.11. The lowest BCUT2D eigenvalue weighted by Gasteiger charge is -2.12. The van der Waals surface area contributed by atoms with Crippen LogP contribution in [0.1, 0.15) is 63.4 Å². The van der Waals surface area contributed by atoms with E-state index < -0.39 is 0 Å². The molecule has 19 heavy (non-hydrogen) atoms. The van der Waals surface area contributed by atoms with Gasteiger partial charge in [0.2, 0.25) is 0 Å². The molecule has 1 aromatic heterocycles. The van der Waals surface area contributed by atoms with Gasteiger partial charge in [-0.2, -0.15) is 0 Å². The zero-order valence-corrected chi connectivity index (χ0v) is 13.5. The van der Waals surface area contributed by atoms with Crippen molar-refractivity contribution >= 4 is 16.5 Å². The normalized spacial score (nSPS) is 17.4. The monoisotopic (exact) mass is 281 g/mol. The SMILES string of the molecule is CCC(C)NCc1sc(N2CCCC2)nc1C(C)C. The van der Waals surface area contributed by atoms with Crippen molar-refractivity contribution in [1.82, 2.24) is 10.3 Å². The zero-order chi connectivity index (χ0) is 13.8. The van der Waals surface area contributed by atoms with Gasteiger partial charge < -0.3 is 10.2 Å². The first-order valence-corrected chi connectivity index (χ1v) is 8.41. The standard InChI is InChI=1S/C15H27N3S/c1-5-12(4)16-10-13-14(11(2)3)17-15(19-13)18-8-6-7-9-18/h11-12,16H,5-10H2,1-4H3. The summed E-state index contributed by atoms with van der Waals surface area (Å²) in [4.78, 5) is 8.78. The van der Waals surface area contributed by atoms with Crippen LogP contribution < -0.4 is 10.2 Å². The second-order valence-corrected chi connectivity index (χ2v) is 6.91. The predicted molar refractivity (Wildman–Crippen MR) is 84.2 cm³/mol. The molecule has 1 N–H and O–H groups in total. The quantitative estimate of drug-likeness (QED) is 0.860. The molecule has 1 fully saturated rings. The Morgan fingerprint density at radius 3 is 2.53 bits per heavy atom. The molecule has 1 aromatic rings. The van der Waals surface area contributed by atoms with Crippen molar-refractivity contribution in [2.45, 2.75) is 65.5 Å². The Morgan fingerprint density at radius 2 is 1.95 bits per heavy atom. The Labute approximate surface area is 121 Å². The maximum absolute atomic E-state index is 4.90. The number of hydrogen-bond acceptors (Lipinski definition) is 4. The molecular weight excluding hydrogens is 254 g/mol. The molecule has 2 heterocycles. The highest BCUT2D eigenvalue weighted by molar-refractivity contribution is 7.15. The van der Waals surface area contributed by atoms with Gasteiger partial charge >= 0.3 is 0 Å². The molecule has 1 saturated heterocycles. The number of rotatable bonds is 6. The van der Waals surface area contributed by atoms with Gasteiger partial charge in [0, 0.05) is 30.6 Å². The van der Waals surface area contributed by atoms with E-state index in [1.165, 1.54) is 48.1 Å². The molecule has 108 valence electrons. The minimum absolute atomic E-state index is 0.515. The van der Waals surface area contributed by atoms with Crippen LogP contribution in [0.5, 0.6) is 0 Å². The van der Waals surface area contributed by atoms with E-state index in [4.69, 9.17) is 4.98 Å². The molecule has 4 heteroatoms. The smallest absolute Gasteiger partial charge is 0.185 e. The molecule has 1 aliphatic heterocycles. The average Bonchev–Trinajstić information content (AvgIpc) is 3.03. The molecule has 3 nitrogen and oxygen atoms in total. The Balaban J connectivity index is 2.10. The Bertz CT molecular complexity index is 394. The van der Waals surface area contributed by atoms with Crippen molar-refractivity contribution in [1.29, 1.82) is 0 Å². The Morgan fingerprint density at radius 1 is 1.26 bits per heavy atom. The first kappa shape index (κ1) is 14.8. The first-order valence-electron chi connectivity index (χ1n) is 7.59. The van der Waals surface area contributed by atoms with Crippen LogP contribution >= 0.6 is 11.3 Å². The van der Waals surface area contributed by atoms with E-state index in [-0.39, 0.29) is 0 Å². The highest BCUT2D eigenvalue weighted by Crippen LogP contribution is 2.32. The van der Waals surface area contributed by atoms with Crippen LogP contribution in [0.4, 0.5) is 5.13 Å². The molecule has 0 amide bonds.